The molecule has 0 aliphatic carbocycles. The van der Waals surface area contributed by atoms with Gasteiger partial charge in [0, 0.05) is 26.2 Å². The fourth-order valence-corrected chi connectivity index (χ4v) is 2.90. The summed E-state index contributed by atoms with van der Waals surface area (Å²) in [5.74, 6) is 5.11. The smallest absolute Gasteiger partial charge is 0.191 e. The van der Waals surface area contributed by atoms with Gasteiger partial charge in [-0.3, -0.25) is 4.99 Å². The molecule has 3 N–H and O–H groups in total. The normalized spacial score (nSPS) is 12.5. The first-order valence-electron chi connectivity index (χ1n) is 9.87. The SMILES string of the molecule is C#CCOc1ccc(CCNC(=NCC(CCO)CC(C)C)NCC)cc1. The van der Waals surface area contributed by atoms with Gasteiger partial charge in [-0.25, -0.2) is 0 Å². The number of nitrogens with one attached hydrogen (secondary N) is 2. The van der Waals surface area contributed by atoms with Crippen molar-refractivity contribution >= 4 is 5.96 Å². The van der Waals surface area contributed by atoms with Crippen molar-refractivity contribution in [2.24, 2.45) is 16.8 Å². The predicted molar refractivity (Wildman–Crippen MR) is 113 cm³/mol. The molecular weight excluding hydrogens is 338 g/mol. The summed E-state index contributed by atoms with van der Waals surface area (Å²) >= 11 is 0. The van der Waals surface area contributed by atoms with Crippen molar-refractivity contribution in [1.29, 1.82) is 0 Å². The molecule has 1 aromatic rings. The Morgan fingerprint density at radius 2 is 2.00 bits per heavy atom. The molecule has 1 rings (SSSR count). The molecule has 150 valence electrons. The molecule has 0 saturated carbocycles. The van der Waals surface area contributed by atoms with Gasteiger partial charge in [-0.15, -0.1) is 6.42 Å². The lowest BCUT2D eigenvalue weighted by Crippen LogP contribution is -2.38. The molecule has 0 aliphatic heterocycles. The number of hydrogen-bond acceptors (Lipinski definition) is 3. The molecule has 0 spiro atoms. The van der Waals surface area contributed by atoms with Crippen LogP contribution in [-0.4, -0.2) is 43.9 Å². The van der Waals surface area contributed by atoms with Crippen LogP contribution in [0.1, 0.15) is 39.2 Å². The molecule has 5 heteroatoms. The second-order valence-electron chi connectivity index (χ2n) is 7.04. The maximum absolute atomic E-state index is 9.25. The average molecular weight is 374 g/mol. The van der Waals surface area contributed by atoms with Gasteiger partial charge in [-0.1, -0.05) is 31.9 Å². The number of terminal acetylenes is 1. The third-order valence-electron chi connectivity index (χ3n) is 4.15. The van der Waals surface area contributed by atoms with Gasteiger partial charge in [-0.2, -0.15) is 0 Å². The third kappa shape index (κ3) is 10.5. The van der Waals surface area contributed by atoms with Gasteiger partial charge in [0.1, 0.15) is 12.4 Å². The molecular formula is C22H35N3O2. The maximum Gasteiger partial charge on any atom is 0.191 e. The van der Waals surface area contributed by atoms with Gasteiger partial charge in [0.2, 0.25) is 0 Å². The van der Waals surface area contributed by atoms with Crippen molar-refractivity contribution in [2.75, 3.05) is 32.8 Å². The van der Waals surface area contributed by atoms with Crippen LogP contribution in [0.25, 0.3) is 0 Å². The zero-order valence-electron chi connectivity index (χ0n) is 17.0. The van der Waals surface area contributed by atoms with Gasteiger partial charge in [0.05, 0.1) is 0 Å². The zero-order valence-corrected chi connectivity index (χ0v) is 17.0. The van der Waals surface area contributed by atoms with Crippen molar-refractivity contribution in [3.8, 4) is 18.1 Å². The van der Waals surface area contributed by atoms with Crippen LogP contribution < -0.4 is 15.4 Å². The van der Waals surface area contributed by atoms with E-state index in [9.17, 15) is 5.11 Å². The van der Waals surface area contributed by atoms with Gasteiger partial charge in [0.15, 0.2) is 5.96 Å². The van der Waals surface area contributed by atoms with Crippen molar-refractivity contribution < 1.29 is 9.84 Å². The lowest BCUT2D eigenvalue weighted by Gasteiger charge is -2.17. The fourth-order valence-electron chi connectivity index (χ4n) is 2.90. The van der Waals surface area contributed by atoms with E-state index in [4.69, 9.17) is 16.2 Å². The number of nitrogens with zero attached hydrogens (tertiary/aromatic N) is 1. The molecule has 1 aromatic carbocycles. The van der Waals surface area contributed by atoms with E-state index in [0.717, 1.165) is 50.6 Å². The first-order valence-corrected chi connectivity index (χ1v) is 9.87. The summed E-state index contributed by atoms with van der Waals surface area (Å²) in [5, 5.41) is 15.9. The van der Waals surface area contributed by atoms with E-state index in [-0.39, 0.29) is 13.2 Å². The molecule has 5 nitrogen and oxygen atoms in total. The van der Waals surface area contributed by atoms with Crippen LogP contribution in [0.5, 0.6) is 5.75 Å². The molecule has 0 aliphatic rings. The highest BCUT2D eigenvalue weighted by Crippen LogP contribution is 2.15. The highest BCUT2D eigenvalue weighted by atomic mass is 16.5. The van der Waals surface area contributed by atoms with Crippen molar-refractivity contribution in [3.05, 3.63) is 29.8 Å². The standard InChI is InChI=1S/C22H35N3O2/c1-5-15-27-21-9-7-19(8-10-21)11-13-24-22(23-6-2)25-17-20(12-14-26)16-18(3)4/h1,7-10,18,20,26H,6,11-17H2,2-4H3,(H2,23,24,25). The molecule has 0 saturated heterocycles. The highest BCUT2D eigenvalue weighted by Gasteiger charge is 2.10. The van der Waals surface area contributed by atoms with E-state index < -0.39 is 0 Å². The summed E-state index contributed by atoms with van der Waals surface area (Å²) in [5.41, 5.74) is 1.23. The highest BCUT2D eigenvalue weighted by molar-refractivity contribution is 5.79. The molecule has 0 heterocycles. The van der Waals surface area contributed by atoms with Crippen LogP contribution in [0.15, 0.2) is 29.3 Å². The van der Waals surface area contributed by atoms with Crippen LogP contribution in [0, 0.1) is 24.2 Å². The largest absolute Gasteiger partial charge is 0.481 e. The van der Waals surface area contributed by atoms with E-state index in [0.29, 0.717) is 11.8 Å². The van der Waals surface area contributed by atoms with Crippen LogP contribution in [0.2, 0.25) is 0 Å². The first kappa shape index (κ1) is 22.9. The number of aliphatic imine (C=N–C) groups is 1. The van der Waals surface area contributed by atoms with E-state index in [1.165, 1.54) is 5.56 Å². The molecule has 0 bridgehead atoms. The molecule has 27 heavy (non-hydrogen) atoms. The minimum absolute atomic E-state index is 0.220. The number of benzene rings is 1. The third-order valence-corrected chi connectivity index (χ3v) is 4.15. The van der Waals surface area contributed by atoms with Crippen LogP contribution in [0.3, 0.4) is 0 Å². The Bertz CT molecular complexity index is 576. The molecule has 1 unspecified atom stereocenters. The van der Waals surface area contributed by atoms with E-state index in [1.54, 1.807) is 0 Å². The second-order valence-corrected chi connectivity index (χ2v) is 7.04. The Morgan fingerprint density at radius 3 is 2.59 bits per heavy atom. The van der Waals surface area contributed by atoms with E-state index in [1.807, 2.05) is 12.1 Å². The minimum Gasteiger partial charge on any atom is -0.481 e. The van der Waals surface area contributed by atoms with Crippen molar-refractivity contribution in [1.82, 2.24) is 10.6 Å². The van der Waals surface area contributed by atoms with Crippen molar-refractivity contribution in [2.45, 2.75) is 40.0 Å². The summed E-state index contributed by atoms with van der Waals surface area (Å²) < 4.78 is 5.39. The van der Waals surface area contributed by atoms with Crippen LogP contribution in [-0.2, 0) is 6.42 Å². The average Bonchev–Trinajstić information content (AvgIpc) is 2.65. The monoisotopic (exact) mass is 373 g/mol. The Balaban J connectivity index is 2.50. The van der Waals surface area contributed by atoms with Gasteiger partial charge < -0.3 is 20.5 Å². The fraction of sp³-hybridized carbons (Fsp3) is 0.591. The summed E-state index contributed by atoms with van der Waals surface area (Å²) in [6, 6.07) is 7.99. The second kappa shape index (κ2) is 13.9. The van der Waals surface area contributed by atoms with Crippen molar-refractivity contribution in [3.63, 3.8) is 0 Å². The number of hydrogen-bond donors (Lipinski definition) is 3. The van der Waals surface area contributed by atoms with Gasteiger partial charge >= 0.3 is 0 Å². The number of guanidine groups is 1. The van der Waals surface area contributed by atoms with E-state index >= 15 is 0 Å². The molecule has 0 aromatic heterocycles. The molecule has 0 radical (unpaired) electrons. The minimum atomic E-state index is 0.220. The zero-order chi connectivity index (χ0) is 19.9. The quantitative estimate of drug-likeness (QED) is 0.299. The van der Waals surface area contributed by atoms with Crippen LogP contribution >= 0.6 is 0 Å². The summed E-state index contributed by atoms with van der Waals surface area (Å²) in [7, 11) is 0. The molecule has 1 atom stereocenters. The Labute approximate surface area is 164 Å². The molecule has 0 fully saturated rings. The first-order chi connectivity index (χ1) is 13.1. The predicted octanol–water partition coefficient (Wildman–Crippen LogP) is 2.84. The number of ether oxygens (including phenoxy) is 1. The summed E-state index contributed by atoms with van der Waals surface area (Å²) in [4.78, 5) is 4.71. The summed E-state index contributed by atoms with van der Waals surface area (Å²) in [6.07, 6.45) is 7.97. The van der Waals surface area contributed by atoms with E-state index in [2.05, 4.69) is 49.5 Å². The Hall–Kier alpha value is -2.19. The van der Waals surface area contributed by atoms with Gasteiger partial charge in [-0.05, 0) is 55.7 Å². The lowest BCUT2D eigenvalue weighted by atomic mass is 9.94. The maximum atomic E-state index is 9.25. The topological polar surface area (TPSA) is 65.9 Å². The summed E-state index contributed by atoms with van der Waals surface area (Å²) in [6.45, 7) is 9.34. The Morgan fingerprint density at radius 1 is 1.26 bits per heavy atom. The Kier molecular flexibility index (Phi) is 11.8. The number of aliphatic hydroxyl groups excluding tert-OH is 1. The van der Waals surface area contributed by atoms with Crippen LogP contribution in [0.4, 0.5) is 0 Å². The van der Waals surface area contributed by atoms with Gasteiger partial charge in [0.25, 0.3) is 0 Å². The lowest BCUT2D eigenvalue weighted by molar-refractivity contribution is 0.245. The molecule has 0 amide bonds. The number of rotatable bonds is 12. The number of aliphatic hydroxyl groups is 1.